The number of Topliss-reactive ketones (excluding diaryl/α,β-unsaturated/α-hetero) is 2. The van der Waals surface area contributed by atoms with Crippen LogP contribution >= 0.6 is 0 Å². The lowest BCUT2D eigenvalue weighted by Gasteiger charge is -2.55. The Morgan fingerprint density at radius 3 is 1.43 bits per heavy atom. The number of rotatable bonds is 3. The van der Waals surface area contributed by atoms with Crippen LogP contribution in [-0.4, -0.2) is 32.6 Å². The van der Waals surface area contributed by atoms with Gasteiger partial charge in [-0.25, -0.2) is 9.97 Å². The van der Waals surface area contributed by atoms with Gasteiger partial charge in [0.25, 0.3) is 0 Å². The van der Waals surface area contributed by atoms with Crippen molar-refractivity contribution in [3.63, 3.8) is 0 Å². The van der Waals surface area contributed by atoms with Crippen LogP contribution in [0.3, 0.4) is 0 Å². The number of hydrogen-bond donors (Lipinski definition) is 0. The van der Waals surface area contributed by atoms with Crippen molar-refractivity contribution in [1.29, 1.82) is 0 Å². The molecule has 12 rings (SSSR count). The van der Waals surface area contributed by atoms with Gasteiger partial charge >= 0.3 is 0 Å². The summed E-state index contributed by atoms with van der Waals surface area (Å²) in [7, 11) is 0. The molecule has 6 saturated carbocycles. The molecule has 46 heavy (non-hydrogen) atoms. The van der Waals surface area contributed by atoms with E-state index in [9.17, 15) is 9.59 Å². The van der Waals surface area contributed by atoms with Gasteiger partial charge in [0.1, 0.15) is 5.82 Å². The van der Waals surface area contributed by atoms with Gasteiger partial charge in [-0.15, -0.1) is 0 Å². The molecule has 3 aromatic carbocycles. The fourth-order valence-corrected chi connectivity index (χ4v) is 10.1. The minimum atomic E-state index is -0.175. The van der Waals surface area contributed by atoms with Crippen LogP contribution in [0, 0.1) is 11.8 Å². The van der Waals surface area contributed by atoms with E-state index in [4.69, 9.17) is 9.97 Å². The minimum Gasteiger partial charge on any atom is -0.303 e. The summed E-state index contributed by atoms with van der Waals surface area (Å²) in [5.74, 6) is 4.30. The number of carbonyl (C=O) groups excluding carboxylic acids is 2. The average Bonchev–Trinajstić information content (AvgIpc) is 3.57. The Hall–Kier alpha value is -4.32. The first-order valence-electron chi connectivity index (χ1n) is 17.4. The third-order valence-corrected chi connectivity index (χ3v) is 12.7. The van der Waals surface area contributed by atoms with Crippen molar-refractivity contribution in [2.45, 2.75) is 88.1 Å². The Kier molecular flexibility index (Phi) is 5.60. The molecule has 0 spiro atoms. The molecule has 2 heterocycles. The van der Waals surface area contributed by atoms with Crippen LogP contribution < -0.4 is 9.80 Å². The lowest BCUT2D eigenvalue weighted by atomic mass is 9.64. The molecule has 1 aromatic heterocycles. The first-order chi connectivity index (χ1) is 22.5. The fourth-order valence-electron chi connectivity index (χ4n) is 10.1. The monoisotopic (exact) mass is 606 g/mol. The van der Waals surface area contributed by atoms with E-state index in [1.54, 1.807) is 0 Å². The molecule has 7 aliphatic carbocycles. The molecule has 4 bridgehead atoms. The Balaban J connectivity index is 1.18. The van der Waals surface area contributed by atoms with E-state index in [1.807, 2.05) is 54.6 Å². The Morgan fingerprint density at radius 1 is 0.587 bits per heavy atom. The van der Waals surface area contributed by atoms with Gasteiger partial charge in [0.2, 0.25) is 0 Å². The average molecular weight is 607 g/mol. The molecule has 6 fully saturated rings. The molecule has 0 saturated heterocycles. The molecular weight excluding hydrogens is 568 g/mol. The zero-order valence-corrected chi connectivity index (χ0v) is 26.2. The van der Waals surface area contributed by atoms with E-state index >= 15 is 0 Å². The summed E-state index contributed by atoms with van der Waals surface area (Å²) in [4.78, 5) is 43.7. The predicted molar refractivity (Wildman–Crippen MR) is 181 cm³/mol. The van der Waals surface area contributed by atoms with Crippen molar-refractivity contribution in [3.8, 4) is 0 Å². The summed E-state index contributed by atoms with van der Waals surface area (Å²) in [6.45, 7) is 0. The number of allylic oxidation sites excluding steroid dienone is 3. The molecule has 1 aliphatic heterocycles. The summed E-state index contributed by atoms with van der Waals surface area (Å²) < 4.78 is 0. The van der Waals surface area contributed by atoms with Crippen molar-refractivity contribution in [2.24, 2.45) is 11.8 Å². The minimum absolute atomic E-state index is 0.0351. The van der Waals surface area contributed by atoms with Crippen molar-refractivity contribution < 1.29 is 9.59 Å². The number of aromatic nitrogens is 2. The number of benzene rings is 3. The summed E-state index contributed by atoms with van der Waals surface area (Å²) in [5.41, 5.74) is 3.05. The molecular formula is C40H38N4O2. The molecule has 0 radical (unpaired) electrons. The van der Waals surface area contributed by atoms with Crippen LogP contribution in [0.4, 0.5) is 11.6 Å². The summed E-state index contributed by atoms with van der Waals surface area (Å²) >= 11 is 0. The second kappa shape index (κ2) is 9.60. The molecule has 6 heteroatoms. The highest BCUT2D eigenvalue weighted by molar-refractivity contribution is 6.40. The van der Waals surface area contributed by atoms with Crippen molar-refractivity contribution in [1.82, 2.24) is 9.97 Å². The lowest BCUT2D eigenvalue weighted by Crippen LogP contribution is -2.58. The maximum atomic E-state index is 13.9. The van der Waals surface area contributed by atoms with Crippen molar-refractivity contribution >= 4 is 45.0 Å². The number of fused-ring (bicyclic) bond motifs is 10. The van der Waals surface area contributed by atoms with Gasteiger partial charge in [0.05, 0.1) is 16.6 Å². The normalized spacial score (nSPS) is 29.7. The van der Waals surface area contributed by atoms with Gasteiger partial charge in [0, 0.05) is 22.2 Å². The van der Waals surface area contributed by atoms with Gasteiger partial charge in [-0.2, -0.15) is 0 Å². The van der Waals surface area contributed by atoms with Crippen LogP contribution in [-0.2, 0) is 0 Å². The van der Waals surface area contributed by atoms with E-state index in [0.717, 1.165) is 89.6 Å². The predicted octanol–water partition coefficient (Wildman–Crippen LogP) is 8.70. The van der Waals surface area contributed by atoms with Crippen LogP contribution in [0.2, 0.25) is 0 Å². The van der Waals surface area contributed by atoms with E-state index in [-0.39, 0.29) is 28.2 Å². The zero-order chi connectivity index (χ0) is 30.6. The summed E-state index contributed by atoms with van der Waals surface area (Å²) in [6.07, 6.45) is 18.2. The van der Waals surface area contributed by atoms with Gasteiger partial charge in [-0.1, -0.05) is 36.4 Å². The van der Waals surface area contributed by atoms with Gasteiger partial charge in [-0.3, -0.25) is 9.59 Å². The first-order valence-corrected chi connectivity index (χ1v) is 17.4. The maximum Gasteiger partial charge on any atom is 0.197 e. The molecule has 4 aromatic rings. The molecule has 8 aliphatic rings. The maximum absolute atomic E-state index is 13.9. The van der Waals surface area contributed by atoms with Crippen LogP contribution in [0.25, 0.3) is 21.8 Å². The lowest BCUT2D eigenvalue weighted by molar-refractivity contribution is 0.0988. The highest BCUT2D eigenvalue weighted by Crippen LogP contribution is 2.59. The highest BCUT2D eigenvalue weighted by atomic mass is 16.2. The standard InChI is InChI=1S/C40H38N4O2/c45-35-29(36(46)31-24-28-6-2-1-5-27(28)23-30(31)35)9-10-34-43(39-17-11-25(12-18-39)13-19-39)37-38(42-33-8-4-3-7-32(33)41-37)44(34)40-20-14-26(15-21-40)16-22-40/h1-10,23-26H,11-22H2. The summed E-state index contributed by atoms with van der Waals surface area (Å²) in [5, 5.41) is 1.96. The summed E-state index contributed by atoms with van der Waals surface area (Å²) in [6, 6.07) is 20.0. The molecule has 0 unspecified atom stereocenters. The molecule has 230 valence electrons. The molecule has 0 atom stereocenters. The number of carbonyl (C=O) groups is 2. The Bertz CT molecular complexity index is 1880. The number of ketones is 2. The smallest absolute Gasteiger partial charge is 0.197 e. The number of hydrogen-bond acceptors (Lipinski definition) is 6. The van der Waals surface area contributed by atoms with E-state index in [2.05, 4.69) is 28.0 Å². The topological polar surface area (TPSA) is 66.4 Å². The second-order valence-electron chi connectivity index (χ2n) is 15.0. The second-order valence-corrected chi connectivity index (χ2v) is 15.0. The third kappa shape index (κ3) is 3.70. The van der Waals surface area contributed by atoms with E-state index < -0.39 is 0 Å². The van der Waals surface area contributed by atoms with Crippen LogP contribution in [0.15, 0.2) is 84.2 Å². The van der Waals surface area contributed by atoms with Gasteiger partial charge in [-0.05, 0) is 136 Å². The van der Waals surface area contributed by atoms with Crippen LogP contribution in [0.5, 0.6) is 0 Å². The van der Waals surface area contributed by atoms with Crippen LogP contribution in [0.1, 0.15) is 97.8 Å². The Morgan fingerprint density at radius 2 is 1.00 bits per heavy atom. The Labute approximate surface area is 269 Å². The number of nitrogens with zero attached hydrogens (tertiary/aromatic N) is 4. The SMILES string of the molecule is O=C1C(=CC=C2N(C34CCC(CC3)CC4)c3nc4ccccc4nc3N2C23CCC(CC2)CC3)C(=O)c2cc3ccccc3cc21. The number of para-hydroxylation sites is 2. The fraction of sp³-hybridized carbons (Fsp3) is 0.400. The highest BCUT2D eigenvalue weighted by Gasteiger charge is 2.56. The van der Waals surface area contributed by atoms with Gasteiger partial charge in [0.15, 0.2) is 23.2 Å². The first kappa shape index (κ1) is 26.9. The number of anilines is 2. The quantitative estimate of drug-likeness (QED) is 0.172. The third-order valence-electron chi connectivity index (χ3n) is 12.7. The van der Waals surface area contributed by atoms with Crippen molar-refractivity contribution in [2.75, 3.05) is 9.80 Å². The van der Waals surface area contributed by atoms with Gasteiger partial charge < -0.3 is 9.80 Å². The van der Waals surface area contributed by atoms with E-state index in [1.165, 1.54) is 38.5 Å². The largest absolute Gasteiger partial charge is 0.303 e. The molecule has 6 nitrogen and oxygen atoms in total. The van der Waals surface area contributed by atoms with Crippen molar-refractivity contribution in [3.05, 3.63) is 95.3 Å². The molecule has 0 N–H and O–H groups in total. The van der Waals surface area contributed by atoms with E-state index in [0.29, 0.717) is 11.1 Å². The zero-order valence-electron chi connectivity index (χ0n) is 26.2. The molecule has 0 amide bonds.